The third kappa shape index (κ3) is 2.91. The van der Waals surface area contributed by atoms with E-state index >= 15 is 0 Å². The highest BCUT2D eigenvalue weighted by atomic mass is 32.1. The fraction of sp³-hybridized carbons (Fsp3) is 0.0556. The second kappa shape index (κ2) is 6.25. The number of aromatic nitrogens is 3. The minimum Gasteiger partial charge on any atom is -0.353 e. The van der Waals surface area contributed by atoms with Gasteiger partial charge in [0.05, 0.1) is 12.2 Å². The van der Waals surface area contributed by atoms with Crippen molar-refractivity contribution >= 4 is 28.1 Å². The van der Waals surface area contributed by atoms with Gasteiger partial charge in [-0.3, -0.25) is 4.79 Å². The second-order valence-corrected chi connectivity index (χ2v) is 6.38. The molecular weight excluding hydrogens is 320 g/mol. The highest BCUT2D eigenvalue weighted by molar-refractivity contribution is 7.14. The van der Waals surface area contributed by atoms with Gasteiger partial charge in [0.2, 0.25) is 0 Å². The number of rotatable bonds is 4. The lowest BCUT2D eigenvalue weighted by atomic mass is 10.2. The van der Waals surface area contributed by atoms with E-state index in [2.05, 4.69) is 32.6 Å². The van der Waals surface area contributed by atoms with Crippen LogP contribution in [0.4, 0.5) is 0 Å². The quantitative estimate of drug-likeness (QED) is 0.599. The number of fused-ring (bicyclic) bond motifs is 1. The maximum Gasteiger partial charge on any atom is 0.251 e. The predicted molar refractivity (Wildman–Crippen MR) is 94.8 cm³/mol. The number of amides is 1. The number of nitrogens with zero attached hydrogens (tertiary/aromatic N) is 2. The summed E-state index contributed by atoms with van der Waals surface area (Å²) >= 11 is 1.47. The zero-order chi connectivity index (χ0) is 16.4. The van der Waals surface area contributed by atoms with Crippen LogP contribution in [-0.2, 0) is 6.54 Å². The van der Waals surface area contributed by atoms with Gasteiger partial charge >= 0.3 is 0 Å². The molecule has 2 N–H and O–H groups in total. The number of carbonyl (C=O) groups is 1. The number of hydrogen-bond acceptors (Lipinski definition) is 4. The van der Waals surface area contributed by atoms with Crippen LogP contribution in [-0.4, -0.2) is 21.1 Å². The van der Waals surface area contributed by atoms with E-state index in [1.165, 1.54) is 11.3 Å². The van der Waals surface area contributed by atoms with Crippen LogP contribution in [0.5, 0.6) is 0 Å². The number of hydrogen-bond donors (Lipinski definition) is 2. The average Bonchev–Trinajstić information content (AvgIpc) is 3.27. The van der Waals surface area contributed by atoms with Gasteiger partial charge in [-0.1, -0.05) is 47.7 Å². The standard InChI is InChI=1S/C18H14N4OS/c23-17(12-6-2-1-3-7-12)19-11-16-21-22-18(24-16)15-10-13-8-4-5-9-14(13)20-15/h1-10,20H,11H2,(H,19,23). The molecule has 0 aliphatic rings. The summed E-state index contributed by atoms with van der Waals surface area (Å²) in [6, 6.07) is 19.3. The normalized spacial score (nSPS) is 10.8. The van der Waals surface area contributed by atoms with Crippen LogP contribution in [0.1, 0.15) is 15.4 Å². The van der Waals surface area contributed by atoms with Crippen molar-refractivity contribution in [3.63, 3.8) is 0 Å². The Morgan fingerprint density at radius 3 is 2.67 bits per heavy atom. The molecule has 0 aliphatic heterocycles. The largest absolute Gasteiger partial charge is 0.353 e. The minimum absolute atomic E-state index is 0.113. The van der Waals surface area contributed by atoms with E-state index in [0.29, 0.717) is 12.1 Å². The molecule has 4 rings (SSSR count). The Balaban J connectivity index is 1.48. The first kappa shape index (κ1) is 14.6. The number of benzene rings is 2. The van der Waals surface area contributed by atoms with Crippen molar-refractivity contribution in [2.75, 3.05) is 0 Å². The molecule has 2 aromatic carbocycles. The molecule has 1 amide bonds. The fourth-order valence-electron chi connectivity index (χ4n) is 2.47. The molecule has 6 heteroatoms. The van der Waals surface area contributed by atoms with E-state index in [1.807, 2.05) is 36.4 Å². The fourth-order valence-corrected chi connectivity index (χ4v) is 3.22. The smallest absolute Gasteiger partial charge is 0.251 e. The van der Waals surface area contributed by atoms with Crippen LogP contribution in [0.15, 0.2) is 60.7 Å². The first-order chi connectivity index (χ1) is 11.8. The molecule has 0 fully saturated rings. The van der Waals surface area contributed by atoms with Gasteiger partial charge in [-0.15, -0.1) is 10.2 Å². The zero-order valence-corrected chi connectivity index (χ0v) is 13.5. The molecule has 2 aromatic heterocycles. The number of H-pyrrole nitrogens is 1. The molecule has 0 radical (unpaired) electrons. The van der Waals surface area contributed by atoms with Crippen LogP contribution in [0.3, 0.4) is 0 Å². The van der Waals surface area contributed by atoms with Gasteiger partial charge in [-0.05, 0) is 24.3 Å². The van der Waals surface area contributed by atoms with E-state index < -0.39 is 0 Å². The number of carbonyl (C=O) groups excluding carboxylic acids is 1. The van der Waals surface area contributed by atoms with Crippen molar-refractivity contribution in [2.24, 2.45) is 0 Å². The maximum absolute atomic E-state index is 12.1. The summed E-state index contributed by atoms with van der Waals surface area (Å²) in [6.07, 6.45) is 0. The zero-order valence-electron chi connectivity index (χ0n) is 12.7. The summed E-state index contributed by atoms with van der Waals surface area (Å²) in [5.74, 6) is -0.113. The Morgan fingerprint density at radius 2 is 1.83 bits per heavy atom. The molecule has 2 heterocycles. The summed E-state index contributed by atoms with van der Waals surface area (Å²) in [4.78, 5) is 15.4. The van der Waals surface area contributed by atoms with Crippen molar-refractivity contribution in [3.8, 4) is 10.7 Å². The van der Waals surface area contributed by atoms with Gasteiger partial charge in [-0.25, -0.2) is 0 Å². The number of para-hydroxylation sites is 1. The SMILES string of the molecule is O=C(NCc1nnc(-c2cc3ccccc3[nH]2)s1)c1ccccc1. The summed E-state index contributed by atoms with van der Waals surface area (Å²) < 4.78 is 0. The molecular formula is C18H14N4OS. The summed E-state index contributed by atoms with van der Waals surface area (Å²) in [5, 5.41) is 14.0. The van der Waals surface area contributed by atoms with Gasteiger partial charge < -0.3 is 10.3 Å². The number of aromatic amines is 1. The van der Waals surface area contributed by atoms with Crippen LogP contribution < -0.4 is 5.32 Å². The Bertz CT molecular complexity index is 957. The van der Waals surface area contributed by atoms with E-state index in [1.54, 1.807) is 12.1 Å². The lowest BCUT2D eigenvalue weighted by Gasteiger charge is -2.01. The van der Waals surface area contributed by atoms with Gasteiger partial charge in [0.1, 0.15) is 5.01 Å². The molecule has 0 bridgehead atoms. The molecule has 5 nitrogen and oxygen atoms in total. The van der Waals surface area contributed by atoms with Crippen LogP contribution in [0, 0.1) is 0 Å². The monoisotopic (exact) mass is 334 g/mol. The highest BCUT2D eigenvalue weighted by Crippen LogP contribution is 2.26. The summed E-state index contributed by atoms with van der Waals surface area (Å²) in [6.45, 7) is 0.367. The Hall–Kier alpha value is -2.99. The molecule has 0 saturated carbocycles. The van der Waals surface area contributed by atoms with Gasteiger partial charge in [0.25, 0.3) is 5.91 Å². The lowest BCUT2D eigenvalue weighted by Crippen LogP contribution is -2.22. The van der Waals surface area contributed by atoms with Gasteiger partial charge in [0.15, 0.2) is 5.01 Å². The third-order valence-electron chi connectivity index (χ3n) is 3.66. The molecule has 0 unspecified atom stereocenters. The van der Waals surface area contributed by atoms with Crippen molar-refractivity contribution in [1.29, 1.82) is 0 Å². The van der Waals surface area contributed by atoms with Crippen molar-refractivity contribution in [1.82, 2.24) is 20.5 Å². The highest BCUT2D eigenvalue weighted by Gasteiger charge is 2.11. The van der Waals surface area contributed by atoms with E-state index in [9.17, 15) is 4.79 Å². The van der Waals surface area contributed by atoms with Crippen LogP contribution >= 0.6 is 11.3 Å². The summed E-state index contributed by atoms with van der Waals surface area (Å²) in [7, 11) is 0. The number of nitrogens with one attached hydrogen (secondary N) is 2. The minimum atomic E-state index is -0.113. The third-order valence-corrected chi connectivity index (χ3v) is 4.62. The van der Waals surface area contributed by atoms with Crippen molar-refractivity contribution in [3.05, 3.63) is 71.2 Å². The predicted octanol–water partition coefficient (Wildman–Crippen LogP) is 3.62. The molecule has 4 aromatic rings. The van der Waals surface area contributed by atoms with Gasteiger partial charge in [0, 0.05) is 16.5 Å². The van der Waals surface area contributed by atoms with Crippen LogP contribution in [0.2, 0.25) is 0 Å². The summed E-state index contributed by atoms with van der Waals surface area (Å²) in [5.41, 5.74) is 2.65. The molecule has 0 atom stereocenters. The van der Waals surface area contributed by atoms with Crippen molar-refractivity contribution in [2.45, 2.75) is 6.54 Å². The molecule has 0 saturated heterocycles. The maximum atomic E-state index is 12.1. The molecule has 118 valence electrons. The molecule has 24 heavy (non-hydrogen) atoms. The first-order valence-corrected chi connectivity index (χ1v) is 8.35. The second-order valence-electron chi connectivity index (χ2n) is 5.32. The average molecular weight is 334 g/mol. The Labute approximate surface area is 142 Å². The molecule has 0 aliphatic carbocycles. The Kier molecular flexibility index (Phi) is 3.80. The lowest BCUT2D eigenvalue weighted by molar-refractivity contribution is 0.0951. The topological polar surface area (TPSA) is 70.7 Å². The van der Waals surface area contributed by atoms with Crippen LogP contribution in [0.25, 0.3) is 21.6 Å². The Morgan fingerprint density at radius 1 is 1.04 bits per heavy atom. The molecule has 0 spiro atoms. The van der Waals surface area contributed by atoms with E-state index in [0.717, 1.165) is 26.6 Å². The van der Waals surface area contributed by atoms with E-state index in [4.69, 9.17) is 0 Å². The van der Waals surface area contributed by atoms with E-state index in [-0.39, 0.29) is 5.91 Å². The van der Waals surface area contributed by atoms with Gasteiger partial charge in [-0.2, -0.15) is 0 Å². The van der Waals surface area contributed by atoms with Crippen molar-refractivity contribution < 1.29 is 4.79 Å². The first-order valence-electron chi connectivity index (χ1n) is 7.53.